The highest BCUT2D eigenvalue weighted by Crippen LogP contribution is 2.21. The van der Waals surface area contributed by atoms with Gasteiger partial charge in [0.25, 0.3) is 5.91 Å². The Labute approximate surface area is 86.4 Å². The average Bonchev–Trinajstić information content (AvgIpc) is 2.70. The molecule has 2 rings (SSSR count). The van der Waals surface area contributed by atoms with Crippen molar-refractivity contribution >= 4 is 16.8 Å². The quantitative estimate of drug-likeness (QED) is 0.766. The van der Waals surface area contributed by atoms with Crippen LogP contribution in [0.1, 0.15) is 10.5 Å². The van der Waals surface area contributed by atoms with Gasteiger partial charge in [0, 0.05) is 12.4 Å². The molecule has 1 heterocycles. The molecule has 78 valence electrons. The van der Waals surface area contributed by atoms with Crippen molar-refractivity contribution in [2.75, 3.05) is 14.2 Å². The van der Waals surface area contributed by atoms with E-state index in [0.29, 0.717) is 11.4 Å². The van der Waals surface area contributed by atoms with Gasteiger partial charge in [-0.25, -0.2) is 0 Å². The molecule has 15 heavy (non-hydrogen) atoms. The number of nitrogens with zero attached hydrogens (tertiary/aromatic N) is 1. The largest absolute Gasteiger partial charge is 0.497 e. The number of carbonyl (C=O) groups is 1. The first-order chi connectivity index (χ1) is 7.26. The second-order valence-corrected chi connectivity index (χ2v) is 3.06. The third-order valence-electron chi connectivity index (χ3n) is 2.21. The van der Waals surface area contributed by atoms with Crippen LogP contribution in [0, 0.1) is 0 Å². The lowest BCUT2D eigenvalue weighted by atomic mass is 10.2. The van der Waals surface area contributed by atoms with Gasteiger partial charge >= 0.3 is 0 Å². The molecule has 0 aliphatic rings. The third-order valence-corrected chi connectivity index (χ3v) is 2.21. The van der Waals surface area contributed by atoms with E-state index in [9.17, 15) is 4.79 Å². The van der Waals surface area contributed by atoms with Gasteiger partial charge in [-0.05, 0) is 18.2 Å². The van der Waals surface area contributed by atoms with Crippen LogP contribution in [-0.4, -0.2) is 30.3 Å². The Morgan fingerprint density at radius 3 is 3.00 bits per heavy atom. The third kappa shape index (κ3) is 1.52. The lowest BCUT2D eigenvalue weighted by Gasteiger charge is -1.99. The van der Waals surface area contributed by atoms with Crippen molar-refractivity contribution in [2.45, 2.75) is 0 Å². The lowest BCUT2D eigenvalue weighted by Crippen LogP contribution is -2.18. The number of hydrogen-bond donors (Lipinski definition) is 2. The number of fused-ring (bicyclic) bond motifs is 1. The Morgan fingerprint density at radius 2 is 2.33 bits per heavy atom. The standard InChI is InChI=1S/C10H11N3O2/c1-11-10(14)9-7-5-6(15-2)3-4-8(7)12-13-9/h3-5H,1-2H3,(H,11,14)(H,12,13). The second kappa shape index (κ2) is 3.61. The van der Waals surface area contributed by atoms with Crippen LogP contribution >= 0.6 is 0 Å². The van der Waals surface area contributed by atoms with Gasteiger partial charge in [0.15, 0.2) is 5.69 Å². The number of methoxy groups -OCH3 is 1. The van der Waals surface area contributed by atoms with E-state index in [0.717, 1.165) is 10.9 Å². The first-order valence-electron chi connectivity index (χ1n) is 4.50. The van der Waals surface area contributed by atoms with Crippen LogP contribution in [0.2, 0.25) is 0 Å². The monoisotopic (exact) mass is 205 g/mol. The number of H-pyrrole nitrogens is 1. The molecule has 0 aliphatic heterocycles. The summed E-state index contributed by atoms with van der Waals surface area (Å²) in [5, 5.41) is 10.0. The highest BCUT2D eigenvalue weighted by Gasteiger charge is 2.12. The Morgan fingerprint density at radius 1 is 1.53 bits per heavy atom. The molecule has 5 heteroatoms. The van der Waals surface area contributed by atoms with Gasteiger partial charge in [-0.2, -0.15) is 5.10 Å². The first-order valence-corrected chi connectivity index (χ1v) is 4.50. The number of nitrogens with one attached hydrogen (secondary N) is 2. The maximum Gasteiger partial charge on any atom is 0.272 e. The van der Waals surface area contributed by atoms with Crippen molar-refractivity contribution in [3.05, 3.63) is 23.9 Å². The number of benzene rings is 1. The molecule has 0 unspecified atom stereocenters. The summed E-state index contributed by atoms with van der Waals surface area (Å²) in [5.41, 5.74) is 1.20. The van der Waals surface area contributed by atoms with E-state index in [1.165, 1.54) is 0 Å². The number of ether oxygens (including phenoxy) is 1. The van der Waals surface area contributed by atoms with E-state index in [2.05, 4.69) is 15.5 Å². The molecule has 0 aliphatic carbocycles. The molecule has 1 aromatic heterocycles. The molecule has 2 aromatic rings. The van der Waals surface area contributed by atoms with Gasteiger partial charge in [-0.3, -0.25) is 9.89 Å². The summed E-state index contributed by atoms with van der Waals surface area (Å²) in [6.45, 7) is 0. The predicted octanol–water partition coefficient (Wildman–Crippen LogP) is 0.931. The van der Waals surface area contributed by atoms with Crippen LogP contribution < -0.4 is 10.1 Å². The maximum atomic E-state index is 11.5. The number of hydrogen-bond acceptors (Lipinski definition) is 3. The summed E-state index contributed by atoms with van der Waals surface area (Å²) in [5.74, 6) is 0.489. The lowest BCUT2D eigenvalue weighted by molar-refractivity contribution is 0.0959. The fourth-order valence-corrected chi connectivity index (χ4v) is 1.41. The summed E-state index contributed by atoms with van der Waals surface area (Å²) in [6.07, 6.45) is 0. The summed E-state index contributed by atoms with van der Waals surface area (Å²) in [6, 6.07) is 5.42. The number of rotatable bonds is 2. The molecule has 0 spiro atoms. The predicted molar refractivity (Wildman–Crippen MR) is 56.0 cm³/mol. The number of aromatic amines is 1. The molecule has 0 saturated carbocycles. The van der Waals surface area contributed by atoms with E-state index in [4.69, 9.17) is 4.74 Å². The van der Waals surface area contributed by atoms with Gasteiger partial charge in [-0.1, -0.05) is 0 Å². The molecule has 2 N–H and O–H groups in total. The van der Waals surface area contributed by atoms with Crippen LogP contribution in [-0.2, 0) is 0 Å². The van der Waals surface area contributed by atoms with E-state index in [1.807, 2.05) is 12.1 Å². The van der Waals surface area contributed by atoms with Crippen molar-refractivity contribution in [2.24, 2.45) is 0 Å². The second-order valence-electron chi connectivity index (χ2n) is 3.06. The number of aromatic nitrogens is 2. The van der Waals surface area contributed by atoms with E-state index in [-0.39, 0.29) is 5.91 Å². The van der Waals surface area contributed by atoms with Gasteiger partial charge in [-0.15, -0.1) is 0 Å². The molecule has 5 nitrogen and oxygen atoms in total. The summed E-state index contributed by atoms with van der Waals surface area (Å²) in [7, 11) is 3.16. The highest BCUT2D eigenvalue weighted by molar-refractivity contribution is 6.04. The van der Waals surface area contributed by atoms with Crippen molar-refractivity contribution in [1.29, 1.82) is 0 Å². The molecule has 0 saturated heterocycles. The van der Waals surface area contributed by atoms with E-state index < -0.39 is 0 Å². The Balaban J connectivity index is 2.61. The SMILES string of the molecule is CNC(=O)c1n[nH]c2ccc(OC)cc12. The molecule has 0 atom stereocenters. The zero-order chi connectivity index (χ0) is 10.8. The topological polar surface area (TPSA) is 67.0 Å². The maximum absolute atomic E-state index is 11.5. The van der Waals surface area contributed by atoms with Crippen molar-refractivity contribution in [1.82, 2.24) is 15.5 Å². The normalized spacial score (nSPS) is 10.3. The van der Waals surface area contributed by atoms with Gasteiger partial charge in [0.1, 0.15) is 5.75 Å². The highest BCUT2D eigenvalue weighted by atomic mass is 16.5. The average molecular weight is 205 g/mol. The van der Waals surface area contributed by atoms with Crippen molar-refractivity contribution < 1.29 is 9.53 Å². The molecular formula is C10H11N3O2. The Kier molecular flexibility index (Phi) is 2.29. The zero-order valence-electron chi connectivity index (χ0n) is 8.50. The molecule has 0 fully saturated rings. The van der Waals surface area contributed by atoms with Crippen molar-refractivity contribution in [3.8, 4) is 5.75 Å². The van der Waals surface area contributed by atoms with Gasteiger partial charge in [0.2, 0.25) is 0 Å². The van der Waals surface area contributed by atoms with Crippen LogP contribution in [0.25, 0.3) is 10.9 Å². The summed E-state index contributed by atoms with van der Waals surface area (Å²) in [4.78, 5) is 11.5. The number of amides is 1. The minimum atomic E-state index is -0.213. The minimum absolute atomic E-state index is 0.213. The van der Waals surface area contributed by atoms with E-state index in [1.54, 1.807) is 20.2 Å². The van der Waals surface area contributed by atoms with Crippen LogP contribution in [0.4, 0.5) is 0 Å². The van der Waals surface area contributed by atoms with Gasteiger partial charge < -0.3 is 10.1 Å². The van der Waals surface area contributed by atoms with Crippen LogP contribution in [0.3, 0.4) is 0 Å². The zero-order valence-corrected chi connectivity index (χ0v) is 8.50. The fourth-order valence-electron chi connectivity index (χ4n) is 1.41. The molecule has 0 bridgehead atoms. The van der Waals surface area contributed by atoms with Crippen LogP contribution in [0.5, 0.6) is 5.75 Å². The molecule has 0 radical (unpaired) electrons. The molecular weight excluding hydrogens is 194 g/mol. The summed E-state index contributed by atoms with van der Waals surface area (Å²) < 4.78 is 5.09. The van der Waals surface area contributed by atoms with E-state index >= 15 is 0 Å². The van der Waals surface area contributed by atoms with Crippen molar-refractivity contribution in [3.63, 3.8) is 0 Å². The summed E-state index contributed by atoms with van der Waals surface area (Å²) >= 11 is 0. The first kappa shape index (κ1) is 9.51. The minimum Gasteiger partial charge on any atom is -0.497 e. The van der Waals surface area contributed by atoms with Gasteiger partial charge in [0.05, 0.1) is 12.6 Å². The van der Waals surface area contributed by atoms with Crippen LogP contribution in [0.15, 0.2) is 18.2 Å². The Bertz CT molecular complexity index is 504. The Hall–Kier alpha value is -2.04. The molecule has 1 amide bonds. The fraction of sp³-hybridized carbons (Fsp3) is 0.200. The number of carbonyl (C=O) groups excluding carboxylic acids is 1. The smallest absolute Gasteiger partial charge is 0.272 e. The molecule has 1 aromatic carbocycles.